The second-order valence-electron chi connectivity index (χ2n) is 7.22. The molecular formula is C21H23FN6O. The van der Waals surface area contributed by atoms with Crippen LogP contribution in [0, 0.1) is 5.82 Å². The van der Waals surface area contributed by atoms with Crippen molar-refractivity contribution < 1.29 is 9.18 Å². The van der Waals surface area contributed by atoms with Gasteiger partial charge >= 0.3 is 0 Å². The number of carbonyl (C=O) groups is 1. The quantitative estimate of drug-likeness (QED) is 0.648. The summed E-state index contributed by atoms with van der Waals surface area (Å²) in [5.41, 5.74) is 2.11. The molecule has 0 radical (unpaired) electrons. The second-order valence-corrected chi connectivity index (χ2v) is 7.22. The highest BCUT2D eigenvalue weighted by Crippen LogP contribution is 2.22. The predicted octanol–water partition coefficient (Wildman–Crippen LogP) is 2.79. The maximum absolute atomic E-state index is 13.2. The van der Waals surface area contributed by atoms with Crippen LogP contribution in [0.5, 0.6) is 0 Å². The van der Waals surface area contributed by atoms with E-state index in [1.165, 1.54) is 12.1 Å². The van der Waals surface area contributed by atoms with Crippen molar-refractivity contribution in [2.45, 2.75) is 19.4 Å². The summed E-state index contributed by atoms with van der Waals surface area (Å²) < 4.78 is 13.2. The molecule has 1 aliphatic rings. The average molecular weight is 394 g/mol. The highest BCUT2D eigenvalue weighted by molar-refractivity contribution is 6.00. The fourth-order valence-corrected chi connectivity index (χ4v) is 3.74. The summed E-state index contributed by atoms with van der Waals surface area (Å²) >= 11 is 0. The molecule has 1 aromatic carbocycles. The number of Topliss-reactive ketones (excluding diaryl/α,β-unsaturated/α-hetero) is 1. The molecule has 1 unspecified atom stereocenters. The third kappa shape index (κ3) is 4.32. The summed E-state index contributed by atoms with van der Waals surface area (Å²) in [6.07, 6.45) is 5.23. The molecule has 0 aliphatic carbocycles. The van der Waals surface area contributed by atoms with Crippen molar-refractivity contribution in [3.8, 4) is 11.5 Å². The van der Waals surface area contributed by atoms with E-state index in [9.17, 15) is 9.18 Å². The predicted molar refractivity (Wildman–Crippen MR) is 108 cm³/mol. The van der Waals surface area contributed by atoms with E-state index in [-0.39, 0.29) is 17.6 Å². The van der Waals surface area contributed by atoms with Crippen LogP contribution in [-0.2, 0) is 0 Å². The van der Waals surface area contributed by atoms with Crippen LogP contribution in [0.2, 0.25) is 0 Å². The molecule has 2 aromatic heterocycles. The molecule has 1 fully saturated rings. The zero-order valence-electron chi connectivity index (χ0n) is 16.3. The Morgan fingerprint density at radius 3 is 2.69 bits per heavy atom. The Bertz CT molecular complexity index is 959. The average Bonchev–Trinajstić information content (AvgIpc) is 3.24. The normalized spacial score (nSPS) is 17.4. The van der Waals surface area contributed by atoms with E-state index in [1.807, 2.05) is 12.1 Å². The van der Waals surface area contributed by atoms with Crippen LogP contribution in [0.1, 0.15) is 23.7 Å². The maximum Gasteiger partial charge on any atom is 0.178 e. The van der Waals surface area contributed by atoms with Crippen LogP contribution >= 0.6 is 0 Å². The van der Waals surface area contributed by atoms with Crippen LogP contribution in [0.25, 0.3) is 11.5 Å². The number of benzene rings is 1. The SMILES string of the molecule is CC1CN(CCC(=O)c2cn[nH]c2-c2ncccn2)CCN1c1ccc(F)cc1. The number of H-pyrrole nitrogens is 1. The number of hydrogen-bond donors (Lipinski definition) is 1. The maximum atomic E-state index is 13.2. The molecular weight excluding hydrogens is 371 g/mol. The number of nitrogens with one attached hydrogen (secondary N) is 1. The molecule has 0 bridgehead atoms. The van der Waals surface area contributed by atoms with Gasteiger partial charge < -0.3 is 4.90 Å². The summed E-state index contributed by atoms with van der Waals surface area (Å²) in [6.45, 7) is 5.38. The summed E-state index contributed by atoms with van der Waals surface area (Å²) in [7, 11) is 0. The minimum Gasteiger partial charge on any atom is -0.366 e. The summed E-state index contributed by atoms with van der Waals surface area (Å²) in [6, 6.07) is 8.63. The van der Waals surface area contributed by atoms with Gasteiger partial charge in [-0.05, 0) is 37.3 Å². The minimum atomic E-state index is -0.224. The Labute approximate surface area is 168 Å². The Morgan fingerprint density at radius 1 is 1.21 bits per heavy atom. The first-order valence-electron chi connectivity index (χ1n) is 9.70. The van der Waals surface area contributed by atoms with E-state index < -0.39 is 0 Å². The van der Waals surface area contributed by atoms with Crippen molar-refractivity contribution in [3.05, 3.63) is 60.3 Å². The summed E-state index contributed by atoms with van der Waals surface area (Å²) in [4.78, 5) is 25.7. The molecule has 0 saturated carbocycles. The third-order valence-corrected chi connectivity index (χ3v) is 5.25. The van der Waals surface area contributed by atoms with Crippen molar-refractivity contribution in [1.82, 2.24) is 25.1 Å². The van der Waals surface area contributed by atoms with Gasteiger partial charge in [-0.3, -0.25) is 14.8 Å². The van der Waals surface area contributed by atoms with Crippen LogP contribution in [0.3, 0.4) is 0 Å². The molecule has 0 amide bonds. The van der Waals surface area contributed by atoms with Crippen LogP contribution in [0.4, 0.5) is 10.1 Å². The van der Waals surface area contributed by atoms with E-state index >= 15 is 0 Å². The number of rotatable bonds is 6. The fourth-order valence-electron chi connectivity index (χ4n) is 3.74. The van der Waals surface area contributed by atoms with E-state index in [4.69, 9.17) is 0 Å². The van der Waals surface area contributed by atoms with Gasteiger partial charge in [-0.25, -0.2) is 14.4 Å². The molecule has 150 valence electrons. The second kappa shape index (κ2) is 8.48. The van der Waals surface area contributed by atoms with Gasteiger partial charge in [-0.2, -0.15) is 5.10 Å². The molecule has 1 aliphatic heterocycles. The molecule has 3 heterocycles. The van der Waals surface area contributed by atoms with Gasteiger partial charge in [0.25, 0.3) is 0 Å². The van der Waals surface area contributed by atoms with Crippen molar-refractivity contribution in [1.29, 1.82) is 0 Å². The molecule has 29 heavy (non-hydrogen) atoms. The number of ketones is 1. The van der Waals surface area contributed by atoms with Crippen molar-refractivity contribution >= 4 is 11.5 Å². The molecule has 1 saturated heterocycles. The van der Waals surface area contributed by atoms with Gasteiger partial charge in [-0.15, -0.1) is 0 Å². The number of carbonyl (C=O) groups excluding carboxylic acids is 1. The molecule has 7 nitrogen and oxygen atoms in total. The van der Waals surface area contributed by atoms with Gasteiger partial charge in [0.2, 0.25) is 0 Å². The van der Waals surface area contributed by atoms with E-state index in [2.05, 4.69) is 36.9 Å². The Morgan fingerprint density at radius 2 is 1.97 bits per heavy atom. The molecule has 8 heteroatoms. The van der Waals surface area contributed by atoms with Gasteiger partial charge in [0.1, 0.15) is 11.5 Å². The van der Waals surface area contributed by atoms with Crippen molar-refractivity contribution in [2.24, 2.45) is 0 Å². The lowest BCUT2D eigenvalue weighted by Gasteiger charge is -2.41. The van der Waals surface area contributed by atoms with Crippen LogP contribution in [0.15, 0.2) is 48.9 Å². The number of aromatic amines is 1. The third-order valence-electron chi connectivity index (χ3n) is 5.25. The van der Waals surface area contributed by atoms with Crippen LogP contribution < -0.4 is 4.90 Å². The number of anilines is 1. The standard InChI is InChI=1S/C21H23FN6O/c1-15-14-27(11-12-28(15)17-5-3-16(22)4-6-17)10-7-19(29)18-13-25-26-20(18)21-23-8-2-9-24-21/h2-6,8-9,13,15H,7,10-12,14H2,1H3,(H,25,26). The van der Waals surface area contributed by atoms with Crippen molar-refractivity contribution in [3.63, 3.8) is 0 Å². The zero-order valence-corrected chi connectivity index (χ0v) is 16.3. The number of piperazine rings is 1. The number of aromatic nitrogens is 4. The lowest BCUT2D eigenvalue weighted by molar-refractivity contribution is 0.0959. The Balaban J connectivity index is 1.34. The monoisotopic (exact) mass is 394 g/mol. The van der Waals surface area contributed by atoms with Gasteiger partial charge in [0, 0.05) is 56.7 Å². The molecule has 4 rings (SSSR count). The Kier molecular flexibility index (Phi) is 5.62. The van der Waals surface area contributed by atoms with E-state index in [0.717, 1.165) is 25.3 Å². The van der Waals surface area contributed by atoms with E-state index in [1.54, 1.807) is 24.7 Å². The Hall–Kier alpha value is -3.13. The number of halogens is 1. The highest BCUT2D eigenvalue weighted by atomic mass is 19.1. The number of nitrogens with zero attached hydrogens (tertiary/aromatic N) is 5. The first-order chi connectivity index (χ1) is 14.1. The van der Waals surface area contributed by atoms with E-state index in [0.29, 0.717) is 30.0 Å². The molecule has 1 atom stereocenters. The summed E-state index contributed by atoms with van der Waals surface area (Å²) in [5, 5.41) is 6.84. The molecule has 1 N–H and O–H groups in total. The number of hydrogen-bond acceptors (Lipinski definition) is 6. The molecule has 3 aromatic rings. The first kappa shape index (κ1) is 19.2. The van der Waals surface area contributed by atoms with Gasteiger partial charge in [0.15, 0.2) is 11.6 Å². The summed E-state index contributed by atoms with van der Waals surface area (Å²) in [5.74, 6) is 0.266. The first-order valence-corrected chi connectivity index (χ1v) is 9.70. The van der Waals surface area contributed by atoms with Gasteiger partial charge in [0.05, 0.1) is 11.8 Å². The lowest BCUT2D eigenvalue weighted by Crippen LogP contribution is -2.52. The molecule has 0 spiro atoms. The lowest BCUT2D eigenvalue weighted by atomic mass is 10.1. The fraction of sp³-hybridized carbons (Fsp3) is 0.333. The van der Waals surface area contributed by atoms with Crippen molar-refractivity contribution in [2.75, 3.05) is 31.1 Å². The zero-order chi connectivity index (χ0) is 20.2. The smallest absolute Gasteiger partial charge is 0.178 e. The van der Waals surface area contributed by atoms with Gasteiger partial charge in [-0.1, -0.05) is 0 Å². The minimum absolute atomic E-state index is 0.0230. The van der Waals surface area contributed by atoms with Crippen LogP contribution in [-0.4, -0.2) is 63.1 Å². The largest absolute Gasteiger partial charge is 0.366 e. The topological polar surface area (TPSA) is 78.0 Å². The highest BCUT2D eigenvalue weighted by Gasteiger charge is 2.25.